The Bertz CT molecular complexity index is 901. The first-order chi connectivity index (χ1) is 13.5. The molecule has 1 saturated heterocycles. The molecule has 2 amide bonds. The second-order valence-electron chi connectivity index (χ2n) is 6.66. The lowest BCUT2D eigenvalue weighted by atomic mass is 10.2. The van der Waals surface area contributed by atoms with Gasteiger partial charge in [0.15, 0.2) is 0 Å². The van der Waals surface area contributed by atoms with E-state index in [2.05, 4.69) is 15.8 Å². The number of hydrogen-bond donors (Lipinski definition) is 2. The van der Waals surface area contributed by atoms with Gasteiger partial charge in [0.1, 0.15) is 0 Å². The lowest BCUT2D eigenvalue weighted by Gasteiger charge is -2.11. The lowest BCUT2D eigenvalue weighted by Crippen LogP contribution is -2.41. The average Bonchev–Trinajstić information content (AvgIpc) is 3.29. The molecule has 2 N–H and O–H groups in total. The standard InChI is InChI=1S/C20H23ClN4O3/c1-13-10-15(14(2)25(13)18-8-4-3-7-17(18)21)11-23-24-20(27)19(26)22-12-16-6-5-9-28-16/h3-4,7-8,10-11,16H,5-6,9,12H2,1-2H3,(H,22,26)(H,24,27)/b23-11-/t16-/m0/s1. The zero-order chi connectivity index (χ0) is 20.1. The number of ether oxygens (including phenoxy) is 1. The minimum Gasteiger partial charge on any atom is -0.376 e. The Balaban J connectivity index is 1.61. The van der Waals surface area contributed by atoms with Crippen molar-refractivity contribution in [2.75, 3.05) is 13.2 Å². The number of aryl methyl sites for hydroxylation is 1. The Hall–Kier alpha value is -2.64. The number of aromatic nitrogens is 1. The monoisotopic (exact) mass is 402 g/mol. The molecule has 1 atom stereocenters. The van der Waals surface area contributed by atoms with Crippen LogP contribution in [0.25, 0.3) is 5.69 Å². The predicted molar refractivity (Wildman–Crippen MR) is 108 cm³/mol. The molecule has 0 bridgehead atoms. The number of rotatable bonds is 5. The van der Waals surface area contributed by atoms with Crippen LogP contribution >= 0.6 is 11.6 Å². The molecular weight excluding hydrogens is 380 g/mol. The van der Waals surface area contributed by atoms with Crippen LogP contribution in [-0.2, 0) is 14.3 Å². The molecule has 2 heterocycles. The molecule has 0 saturated carbocycles. The topological polar surface area (TPSA) is 84.7 Å². The molecule has 1 aliphatic heterocycles. The van der Waals surface area contributed by atoms with Crippen molar-refractivity contribution < 1.29 is 14.3 Å². The zero-order valence-electron chi connectivity index (χ0n) is 15.9. The van der Waals surface area contributed by atoms with Gasteiger partial charge in [-0.3, -0.25) is 9.59 Å². The molecule has 0 unspecified atom stereocenters. The fourth-order valence-corrected chi connectivity index (χ4v) is 3.45. The van der Waals surface area contributed by atoms with Crippen LogP contribution in [0.5, 0.6) is 0 Å². The molecule has 1 aliphatic rings. The van der Waals surface area contributed by atoms with E-state index < -0.39 is 11.8 Å². The molecule has 148 valence electrons. The molecule has 0 aliphatic carbocycles. The minimum absolute atomic E-state index is 0.0181. The van der Waals surface area contributed by atoms with Gasteiger partial charge in [-0.1, -0.05) is 23.7 Å². The molecule has 3 rings (SSSR count). The van der Waals surface area contributed by atoms with Crippen molar-refractivity contribution in [1.29, 1.82) is 0 Å². The van der Waals surface area contributed by atoms with E-state index in [1.807, 2.05) is 48.7 Å². The number of amides is 2. The van der Waals surface area contributed by atoms with E-state index in [1.54, 1.807) is 0 Å². The van der Waals surface area contributed by atoms with Crippen LogP contribution in [0.4, 0.5) is 0 Å². The summed E-state index contributed by atoms with van der Waals surface area (Å²) in [5.41, 5.74) is 5.85. The number of carbonyl (C=O) groups is 2. The summed E-state index contributed by atoms with van der Waals surface area (Å²) < 4.78 is 7.42. The first kappa shape index (κ1) is 20.1. The van der Waals surface area contributed by atoms with E-state index in [0.717, 1.165) is 35.5 Å². The summed E-state index contributed by atoms with van der Waals surface area (Å²) in [4.78, 5) is 23.7. The Morgan fingerprint density at radius 2 is 2.11 bits per heavy atom. The molecule has 0 radical (unpaired) electrons. The second-order valence-corrected chi connectivity index (χ2v) is 7.06. The summed E-state index contributed by atoms with van der Waals surface area (Å²) in [6, 6.07) is 9.50. The van der Waals surface area contributed by atoms with Crippen LogP contribution < -0.4 is 10.7 Å². The number of hydrogen-bond acceptors (Lipinski definition) is 4. The van der Waals surface area contributed by atoms with E-state index >= 15 is 0 Å². The smallest absolute Gasteiger partial charge is 0.329 e. The van der Waals surface area contributed by atoms with E-state index in [1.165, 1.54) is 6.21 Å². The average molecular weight is 403 g/mol. The molecule has 1 aromatic heterocycles. The first-order valence-electron chi connectivity index (χ1n) is 9.14. The maximum absolute atomic E-state index is 11.9. The van der Waals surface area contributed by atoms with Gasteiger partial charge in [0.05, 0.1) is 23.0 Å². The molecule has 7 nitrogen and oxygen atoms in total. The van der Waals surface area contributed by atoms with Gasteiger partial charge in [-0.05, 0) is 44.9 Å². The first-order valence-corrected chi connectivity index (χ1v) is 9.52. The quantitative estimate of drug-likeness (QED) is 0.457. The summed E-state index contributed by atoms with van der Waals surface area (Å²) in [5, 5.41) is 7.11. The van der Waals surface area contributed by atoms with Crippen LogP contribution in [0.3, 0.4) is 0 Å². The Labute approximate surface area is 168 Å². The second kappa shape index (κ2) is 9.03. The fraction of sp³-hybridized carbons (Fsp3) is 0.350. The molecule has 8 heteroatoms. The van der Waals surface area contributed by atoms with Crippen molar-refractivity contribution in [1.82, 2.24) is 15.3 Å². The summed E-state index contributed by atoms with van der Waals surface area (Å²) >= 11 is 6.30. The third kappa shape index (κ3) is 4.61. The van der Waals surface area contributed by atoms with Crippen LogP contribution in [0.15, 0.2) is 35.4 Å². The Kier molecular flexibility index (Phi) is 6.49. The van der Waals surface area contributed by atoms with E-state index in [0.29, 0.717) is 18.2 Å². The molecule has 1 aromatic carbocycles. The van der Waals surface area contributed by atoms with Crippen LogP contribution in [-0.4, -0.2) is 41.9 Å². The molecule has 1 fully saturated rings. The van der Waals surface area contributed by atoms with Crippen molar-refractivity contribution in [2.24, 2.45) is 5.10 Å². The summed E-state index contributed by atoms with van der Waals surface area (Å²) in [5.74, 6) is -1.54. The van der Waals surface area contributed by atoms with Crippen molar-refractivity contribution in [3.05, 3.63) is 52.3 Å². The van der Waals surface area contributed by atoms with Gasteiger partial charge in [0, 0.05) is 30.1 Å². The van der Waals surface area contributed by atoms with E-state index in [9.17, 15) is 9.59 Å². The molecular formula is C20H23ClN4O3. The largest absolute Gasteiger partial charge is 0.376 e. The van der Waals surface area contributed by atoms with Crippen LogP contribution in [0.1, 0.15) is 29.8 Å². The van der Waals surface area contributed by atoms with Gasteiger partial charge < -0.3 is 14.6 Å². The number of benzene rings is 1. The van der Waals surface area contributed by atoms with Gasteiger partial charge in [-0.25, -0.2) is 5.43 Å². The summed E-state index contributed by atoms with van der Waals surface area (Å²) in [7, 11) is 0. The molecule has 0 spiro atoms. The number of nitrogens with one attached hydrogen (secondary N) is 2. The highest BCUT2D eigenvalue weighted by Gasteiger charge is 2.19. The van der Waals surface area contributed by atoms with Crippen LogP contribution in [0, 0.1) is 13.8 Å². The summed E-state index contributed by atoms with van der Waals surface area (Å²) in [6.07, 6.45) is 3.36. The highest BCUT2D eigenvalue weighted by molar-refractivity contribution is 6.35. The van der Waals surface area contributed by atoms with Gasteiger partial charge in [-0.2, -0.15) is 5.10 Å². The van der Waals surface area contributed by atoms with Gasteiger partial charge in [0.2, 0.25) is 0 Å². The maximum Gasteiger partial charge on any atom is 0.329 e. The number of carbonyl (C=O) groups excluding carboxylic acids is 2. The summed E-state index contributed by atoms with van der Waals surface area (Å²) in [6.45, 7) is 4.93. The molecule has 2 aromatic rings. The third-order valence-electron chi connectivity index (χ3n) is 4.65. The lowest BCUT2D eigenvalue weighted by molar-refractivity contribution is -0.139. The van der Waals surface area contributed by atoms with E-state index in [-0.39, 0.29) is 6.10 Å². The number of para-hydroxylation sites is 1. The van der Waals surface area contributed by atoms with Gasteiger partial charge in [-0.15, -0.1) is 0 Å². The Morgan fingerprint density at radius 3 is 2.82 bits per heavy atom. The van der Waals surface area contributed by atoms with Crippen LogP contribution in [0.2, 0.25) is 5.02 Å². The van der Waals surface area contributed by atoms with Gasteiger partial charge in [0.25, 0.3) is 0 Å². The van der Waals surface area contributed by atoms with Crippen molar-refractivity contribution in [2.45, 2.75) is 32.8 Å². The minimum atomic E-state index is -0.811. The van der Waals surface area contributed by atoms with E-state index in [4.69, 9.17) is 16.3 Å². The Morgan fingerprint density at radius 1 is 1.32 bits per heavy atom. The maximum atomic E-state index is 11.9. The fourth-order valence-electron chi connectivity index (χ4n) is 3.23. The highest BCUT2D eigenvalue weighted by atomic mass is 35.5. The normalized spacial score (nSPS) is 16.5. The molecule has 28 heavy (non-hydrogen) atoms. The zero-order valence-corrected chi connectivity index (χ0v) is 16.6. The SMILES string of the molecule is Cc1cc(/C=N\NC(=O)C(=O)NC[C@@H]2CCCO2)c(C)n1-c1ccccc1Cl. The van der Waals surface area contributed by atoms with Crippen molar-refractivity contribution in [3.63, 3.8) is 0 Å². The third-order valence-corrected chi connectivity index (χ3v) is 4.97. The number of nitrogens with zero attached hydrogens (tertiary/aromatic N) is 2. The predicted octanol–water partition coefficient (Wildman–Crippen LogP) is 2.49. The van der Waals surface area contributed by atoms with Crippen molar-refractivity contribution >= 4 is 29.6 Å². The van der Waals surface area contributed by atoms with Gasteiger partial charge >= 0.3 is 11.8 Å². The highest BCUT2D eigenvalue weighted by Crippen LogP contribution is 2.25. The number of halogens is 1. The number of hydrazone groups is 1. The van der Waals surface area contributed by atoms with Crippen molar-refractivity contribution in [3.8, 4) is 5.69 Å².